The molecular weight excluding hydrogens is 342 g/mol. The first-order valence-electron chi connectivity index (χ1n) is 9.31. The number of hydrogen-bond acceptors (Lipinski definition) is 4. The van der Waals surface area contributed by atoms with Crippen LogP contribution in [0.15, 0.2) is 58.1 Å². The molecule has 0 bridgehead atoms. The minimum atomic E-state index is 0.0942. The van der Waals surface area contributed by atoms with Gasteiger partial charge in [0.25, 0.3) is 0 Å². The first-order chi connectivity index (χ1) is 13.3. The van der Waals surface area contributed by atoms with E-state index in [4.69, 9.17) is 4.42 Å². The topological polar surface area (TPSA) is 73.1 Å². The number of aliphatic imine (C=N–C) groups is 1. The first-order valence-corrected chi connectivity index (χ1v) is 9.31. The number of benzene rings is 1. The van der Waals surface area contributed by atoms with Gasteiger partial charge in [0.1, 0.15) is 5.76 Å². The minimum Gasteiger partial charge on any atom is -0.469 e. The van der Waals surface area contributed by atoms with E-state index in [-0.39, 0.29) is 12.5 Å². The molecule has 2 heterocycles. The van der Waals surface area contributed by atoms with E-state index < -0.39 is 0 Å². The number of para-hydroxylation sites is 1. The fourth-order valence-electron chi connectivity index (χ4n) is 3.10. The van der Waals surface area contributed by atoms with E-state index in [1.807, 2.05) is 35.2 Å². The number of nitrogens with zero attached hydrogens (tertiary/aromatic N) is 3. The molecule has 1 amide bonds. The van der Waals surface area contributed by atoms with Crippen LogP contribution in [0.5, 0.6) is 0 Å². The second kappa shape index (κ2) is 9.66. The van der Waals surface area contributed by atoms with Gasteiger partial charge in [0.2, 0.25) is 5.91 Å². The molecule has 0 atom stereocenters. The van der Waals surface area contributed by atoms with Crippen LogP contribution in [0.2, 0.25) is 0 Å². The standard InChI is InChI=1S/C20H27N5O2/c1-21-20(22-10-9-18-8-5-15-27-18)23-16-19(26)25-13-11-24(12-14-25)17-6-3-2-4-7-17/h2-8,15H,9-14,16H2,1H3,(H2,21,22,23). The average Bonchev–Trinajstić information content (AvgIpc) is 3.24. The van der Waals surface area contributed by atoms with Crippen molar-refractivity contribution in [1.29, 1.82) is 0 Å². The Hall–Kier alpha value is -2.96. The highest BCUT2D eigenvalue weighted by molar-refractivity contribution is 5.86. The van der Waals surface area contributed by atoms with E-state index in [1.165, 1.54) is 5.69 Å². The van der Waals surface area contributed by atoms with Gasteiger partial charge in [0.15, 0.2) is 5.96 Å². The van der Waals surface area contributed by atoms with Crippen molar-refractivity contribution >= 4 is 17.6 Å². The average molecular weight is 369 g/mol. The summed E-state index contributed by atoms with van der Waals surface area (Å²) >= 11 is 0. The number of guanidine groups is 1. The van der Waals surface area contributed by atoms with Crippen molar-refractivity contribution in [3.63, 3.8) is 0 Å². The first kappa shape index (κ1) is 18.8. The van der Waals surface area contributed by atoms with Crippen LogP contribution in [0, 0.1) is 0 Å². The molecule has 1 aromatic heterocycles. The van der Waals surface area contributed by atoms with E-state index in [9.17, 15) is 4.79 Å². The third kappa shape index (κ3) is 5.51. The lowest BCUT2D eigenvalue weighted by Gasteiger charge is -2.36. The third-order valence-corrected chi connectivity index (χ3v) is 4.63. The van der Waals surface area contributed by atoms with Gasteiger partial charge in [-0.15, -0.1) is 0 Å². The molecule has 2 aromatic rings. The third-order valence-electron chi connectivity index (χ3n) is 4.63. The van der Waals surface area contributed by atoms with Gasteiger partial charge in [-0.1, -0.05) is 18.2 Å². The Kier molecular flexibility index (Phi) is 6.73. The van der Waals surface area contributed by atoms with Crippen molar-refractivity contribution in [3.8, 4) is 0 Å². The Balaban J connectivity index is 1.37. The van der Waals surface area contributed by atoms with Crippen molar-refractivity contribution in [1.82, 2.24) is 15.5 Å². The summed E-state index contributed by atoms with van der Waals surface area (Å²) in [4.78, 5) is 20.8. The maximum Gasteiger partial charge on any atom is 0.242 e. The van der Waals surface area contributed by atoms with Crippen LogP contribution >= 0.6 is 0 Å². The number of anilines is 1. The number of carbonyl (C=O) groups is 1. The van der Waals surface area contributed by atoms with E-state index in [0.717, 1.165) is 38.4 Å². The van der Waals surface area contributed by atoms with Gasteiger partial charge in [-0.05, 0) is 24.3 Å². The summed E-state index contributed by atoms with van der Waals surface area (Å²) in [6.07, 6.45) is 2.43. The number of furan rings is 1. The van der Waals surface area contributed by atoms with Gasteiger partial charge in [-0.25, -0.2) is 0 Å². The highest BCUT2D eigenvalue weighted by Gasteiger charge is 2.21. The molecule has 0 unspecified atom stereocenters. The molecule has 0 saturated carbocycles. The van der Waals surface area contributed by atoms with E-state index >= 15 is 0 Å². The number of amides is 1. The summed E-state index contributed by atoms with van der Waals surface area (Å²) in [6.45, 7) is 4.11. The molecular formula is C20H27N5O2. The van der Waals surface area contributed by atoms with E-state index in [1.54, 1.807) is 13.3 Å². The molecule has 1 aliphatic heterocycles. The predicted molar refractivity (Wildman–Crippen MR) is 107 cm³/mol. The summed E-state index contributed by atoms with van der Waals surface area (Å²) in [5, 5.41) is 6.29. The van der Waals surface area contributed by atoms with Gasteiger partial charge in [0, 0.05) is 51.9 Å². The van der Waals surface area contributed by atoms with Crippen LogP contribution in [0.3, 0.4) is 0 Å². The molecule has 7 nitrogen and oxygen atoms in total. The zero-order chi connectivity index (χ0) is 18.9. The Morgan fingerprint density at radius 1 is 1.07 bits per heavy atom. The van der Waals surface area contributed by atoms with Crippen LogP contribution < -0.4 is 15.5 Å². The van der Waals surface area contributed by atoms with Gasteiger partial charge < -0.3 is 24.9 Å². The van der Waals surface area contributed by atoms with Crippen molar-refractivity contribution < 1.29 is 9.21 Å². The molecule has 0 radical (unpaired) electrons. The highest BCUT2D eigenvalue weighted by atomic mass is 16.3. The fourth-order valence-corrected chi connectivity index (χ4v) is 3.10. The highest BCUT2D eigenvalue weighted by Crippen LogP contribution is 2.15. The summed E-state index contributed by atoms with van der Waals surface area (Å²) in [7, 11) is 1.70. The zero-order valence-corrected chi connectivity index (χ0v) is 15.7. The second-order valence-electron chi connectivity index (χ2n) is 6.39. The number of rotatable bonds is 6. The van der Waals surface area contributed by atoms with Crippen molar-refractivity contribution in [3.05, 3.63) is 54.5 Å². The normalized spacial score (nSPS) is 14.9. The summed E-state index contributed by atoms with van der Waals surface area (Å²) < 4.78 is 5.30. The second-order valence-corrected chi connectivity index (χ2v) is 6.39. The molecule has 144 valence electrons. The van der Waals surface area contributed by atoms with E-state index in [2.05, 4.69) is 32.7 Å². The zero-order valence-electron chi connectivity index (χ0n) is 15.7. The quantitative estimate of drug-likeness (QED) is 0.594. The molecule has 1 aliphatic rings. The smallest absolute Gasteiger partial charge is 0.242 e. The fraction of sp³-hybridized carbons (Fsp3) is 0.400. The minimum absolute atomic E-state index is 0.0942. The summed E-state index contributed by atoms with van der Waals surface area (Å²) in [5.74, 6) is 1.64. The Bertz CT molecular complexity index is 722. The van der Waals surface area contributed by atoms with Crippen LogP contribution in [0.25, 0.3) is 0 Å². The molecule has 1 fully saturated rings. The molecule has 27 heavy (non-hydrogen) atoms. The summed E-state index contributed by atoms with van der Waals surface area (Å²) in [6, 6.07) is 14.1. The number of hydrogen-bond donors (Lipinski definition) is 2. The molecule has 1 saturated heterocycles. The Labute approximate surface area is 160 Å². The SMILES string of the molecule is CN=C(NCCc1ccco1)NCC(=O)N1CCN(c2ccccc2)CC1. The maximum absolute atomic E-state index is 12.5. The lowest BCUT2D eigenvalue weighted by atomic mass is 10.2. The van der Waals surface area contributed by atoms with Gasteiger partial charge in [-0.3, -0.25) is 9.79 Å². The van der Waals surface area contributed by atoms with Gasteiger partial charge in [-0.2, -0.15) is 0 Å². The largest absolute Gasteiger partial charge is 0.469 e. The number of nitrogens with one attached hydrogen (secondary N) is 2. The molecule has 0 spiro atoms. The number of piperazine rings is 1. The lowest BCUT2D eigenvalue weighted by molar-refractivity contribution is -0.130. The molecule has 0 aliphatic carbocycles. The molecule has 1 aromatic carbocycles. The lowest BCUT2D eigenvalue weighted by Crippen LogP contribution is -2.52. The van der Waals surface area contributed by atoms with Crippen LogP contribution in [0.4, 0.5) is 5.69 Å². The van der Waals surface area contributed by atoms with Gasteiger partial charge in [0.05, 0.1) is 12.8 Å². The predicted octanol–water partition coefficient (Wildman–Crippen LogP) is 1.34. The Morgan fingerprint density at radius 3 is 2.52 bits per heavy atom. The maximum atomic E-state index is 12.5. The Morgan fingerprint density at radius 2 is 1.85 bits per heavy atom. The monoisotopic (exact) mass is 369 g/mol. The molecule has 7 heteroatoms. The van der Waals surface area contributed by atoms with Crippen molar-refractivity contribution in [2.24, 2.45) is 4.99 Å². The van der Waals surface area contributed by atoms with Gasteiger partial charge >= 0.3 is 0 Å². The van der Waals surface area contributed by atoms with Crippen LogP contribution in [0.1, 0.15) is 5.76 Å². The number of carbonyl (C=O) groups excluding carboxylic acids is 1. The molecule has 2 N–H and O–H groups in total. The van der Waals surface area contributed by atoms with Crippen LogP contribution in [-0.4, -0.2) is 63.1 Å². The van der Waals surface area contributed by atoms with Crippen LogP contribution in [-0.2, 0) is 11.2 Å². The van der Waals surface area contributed by atoms with Crippen molar-refractivity contribution in [2.45, 2.75) is 6.42 Å². The van der Waals surface area contributed by atoms with Crippen molar-refractivity contribution in [2.75, 3.05) is 51.2 Å². The molecule has 3 rings (SSSR count). The summed E-state index contributed by atoms with van der Waals surface area (Å²) in [5.41, 5.74) is 1.21. The van der Waals surface area contributed by atoms with E-state index in [0.29, 0.717) is 12.5 Å².